The Bertz CT molecular complexity index is 944. The van der Waals surface area contributed by atoms with Crippen LogP contribution in [-0.4, -0.2) is 23.0 Å². The van der Waals surface area contributed by atoms with Crippen LogP contribution in [0, 0.1) is 0 Å². The number of anilines is 1. The van der Waals surface area contributed by atoms with Crippen LogP contribution in [0.15, 0.2) is 53.3 Å². The lowest BCUT2D eigenvalue weighted by Crippen LogP contribution is -2.32. The van der Waals surface area contributed by atoms with E-state index in [4.69, 9.17) is 9.15 Å². The van der Waals surface area contributed by atoms with Crippen LogP contribution in [0.25, 0.3) is 11.1 Å². The zero-order valence-corrected chi connectivity index (χ0v) is 15.6. The Morgan fingerprint density at radius 3 is 2.56 bits per heavy atom. The van der Waals surface area contributed by atoms with Gasteiger partial charge in [-0.2, -0.15) is 0 Å². The lowest BCUT2D eigenvalue weighted by Gasteiger charge is -2.16. The summed E-state index contributed by atoms with van der Waals surface area (Å²) in [5.41, 5.74) is 3.33. The zero-order chi connectivity index (χ0) is 19.4. The number of carbonyl (C=O) groups excluding carboxylic acids is 2. The first-order valence-corrected chi connectivity index (χ1v) is 8.93. The number of benzene rings is 2. The van der Waals surface area contributed by atoms with E-state index >= 15 is 0 Å². The van der Waals surface area contributed by atoms with E-state index in [2.05, 4.69) is 24.1 Å². The van der Waals surface area contributed by atoms with Gasteiger partial charge in [0.15, 0.2) is 18.1 Å². The predicted molar refractivity (Wildman–Crippen MR) is 103 cm³/mol. The van der Waals surface area contributed by atoms with Crippen molar-refractivity contribution in [1.82, 2.24) is 4.98 Å². The van der Waals surface area contributed by atoms with Gasteiger partial charge < -0.3 is 14.5 Å². The lowest BCUT2D eigenvalue weighted by molar-refractivity contribution is -0.124. The molecule has 2 aromatic carbocycles. The van der Waals surface area contributed by atoms with Gasteiger partial charge in [0.1, 0.15) is 5.52 Å². The average Bonchev–Trinajstić information content (AvgIpc) is 3.14. The fourth-order valence-electron chi connectivity index (χ4n) is 2.68. The summed E-state index contributed by atoms with van der Waals surface area (Å²) in [6.07, 6.45) is 0.802. The summed E-state index contributed by atoms with van der Waals surface area (Å²) in [4.78, 5) is 28.9. The number of nitrogens with zero attached hydrogens (tertiary/aromatic N) is 1. The third-order valence-corrected chi connectivity index (χ3v) is 4.32. The van der Waals surface area contributed by atoms with Gasteiger partial charge in [-0.3, -0.25) is 4.79 Å². The molecule has 140 valence electrons. The largest absolute Gasteiger partial charge is 0.449 e. The van der Waals surface area contributed by atoms with E-state index in [0.29, 0.717) is 34.7 Å². The molecule has 1 atom stereocenters. The highest BCUT2D eigenvalue weighted by molar-refractivity contribution is 5.98. The van der Waals surface area contributed by atoms with Crippen LogP contribution >= 0.6 is 0 Å². The summed E-state index contributed by atoms with van der Waals surface area (Å²) in [5.74, 6) is -0.510. The summed E-state index contributed by atoms with van der Waals surface area (Å²) < 4.78 is 10.6. The van der Waals surface area contributed by atoms with Crippen LogP contribution in [0.5, 0.6) is 0 Å². The Morgan fingerprint density at radius 1 is 1.15 bits per heavy atom. The Kier molecular flexibility index (Phi) is 5.54. The minimum atomic E-state index is -0.879. The van der Waals surface area contributed by atoms with Gasteiger partial charge in [-0.25, -0.2) is 9.78 Å². The standard InChI is InChI=1S/C21H22N2O4/c1-4-18(20(24)23-16-8-5-14(6-9-16)13(2)3)27-21(25)15-7-10-19-17(11-15)22-12-26-19/h5-13,18H,4H2,1-3H3,(H,23,24). The van der Waals surface area contributed by atoms with Crippen LogP contribution < -0.4 is 5.32 Å². The van der Waals surface area contributed by atoms with Gasteiger partial charge in [-0.1, -0.05) is 32.9 Å². The van der Waals surface area contributed by atoms with E-state index in [1.165, 1.54) is 12.0 Å². The fraction of sp³-hybridized carbons (Fsp3) is 0.286. The van der Waals surface area contributed by atoms with Crippen LogP contribution in [0.3, 0.4) is 0 Å². The number of aromatic nitrogens is 1. The van der Waals surface area contributed by atoms with Crippen molar-refractivity contribution < 1.29 is 18.7 Å². The second-order valence-corrected chi connectivity index (χ2v) is 6.60. The van der Waals surface area contributed by atoms with E-state index in [-0.39, 0.29) is 5.91 Å². The minimum Gasteiger partial charge on any atom is -0.449 e. The smallest absolute Gasteiger partial charge is 0.338 e. The van der Waals surface area contributed by atoms with Gasteiger partial charge in [0.05, 0.1) is 5.56 Å². The number of hydrogen-bond donors (Lipinski definition) is 1. The molecule has 0 fully saturated rings. The van der Waals surface area contributed by atoms with E-state index in [9.17, 15) is 9.59 Å². The number of nitrogens with one attached hydrogen (secondary N) is 1. The average molecular weight is 366 g/mol. The van der Waals surface area contributed by atoms with Crippen molar-refractivity contribution >= 4 is 28.7 Å². The first-order valence-electron chi connectivity index (χ1n) is 8.93. The summed E-state index contributed by atoms with van der Waals surface area (Å²) in [6.45, 7) is 6.01. The Hall–Kier alpha value is -3.15. The van der Waals surface area contributed by atoms with Gasteiger partial charge in [0.25, 0.3) is 5.91 Å². The molecule has 0 aliphatic carbocycles. The molecule has 1 amide bonds. The van der Waals surface area contributed by atoms with E-state index in [1.54, 1.807) is 25.1 Å². The number of rotatable bonds is 6. The molecule has 1 unspecified atom stereocenters. The maximum absolute atomic E-state index is 12.5. The van der Waals surface area contributed by atoms with Crippen molar-refractivity contribution in [1.29, 1.82) is 0 Å². The molecule has 1 aromatic heterocycles. The van der Waals surface area contributed by atoms with Gasteiger partial charge in [-0.05, 0) is 48.2 Å². The third-order valence-electron chi connectivity index (χ3n) is 4.32. The highest BCUT2D eigenvalue weighted by atomic mass is 16.5. The van der Waals surface area contributed by atoms with Gasteiger partial charge in [-0.15, -0.1) is 0 Å². The number of oxazole rings is 1. The van der Waals surface area contributed by atoms with Crippen LogP contribution in [0.2, 0.25) is 0 Å². The quantitative estimate of drug-likeness (QED) is 0.649. The van der Waals surface area contributed by atoms with Crippen molar-refractivity contribution in [3.63, 3.8) is 0 Å². The first-order chi connectivity index (χ1) is 13.0. The molecule has 6 nitrogen and oxygen atoms in total. The highest BCUT2D eigenvalue weighted by Gasteiger charge is 2.22. The minimum absolute atomic E-state index is 0.323. The molecule has 0 radical (unpaired) electrons. The van der Waals surface area contributed by atoms with Crippen molar-refractivity contribution in [3.05, 3.63) is 60.0 Å². The molecule has 1 N–H and O–H groups in total. The van der Waals surface area contributed by atoms with Gasteiger partial charge in [0, 0.05) is 5.69 Å². The Balaban J connectivity index is 1.66. The molecule has 1 heterocycles. The number of ether oxygens (including phenoxy) is 1. The highest BCUT2D eigenvalue weighted by Crippen LogP contribution is 2.19. The first kappa shape index (κ1) is 18.6. The van der Waals surface area contributed by atoms with Crippen molar-refractivity contribution in [3.8, 4) is 0 Å². The number of amides is 1. The maximum Gasteiger partial charge on any atom is 0.338 e. The monoisotopic (exact) mass is 366 g/mol. The molecule has 3 rings (SSSR count). The summed E-state index contributed by atoms with van der Waals surface area (Å²) in [7, 11) is 0. The molecule has 0 aliphatic rings. The van der Waals surface area contributed by atoms with Crippen molar-refractivity contribution in [2.75, 3.05) is 5.32 Å². The van der Waals surface area contributed by atoms with Gasteiger partial charge >= 0.3 is 5.97 Å². The topological polar surface area (TPSA) is 81.4 Å². The van der Waals surface area contributed by atoms with Crippen LogP contribution in [-0.2, 0) is 9.53 Å². The third kappa shape index (κ3) is 4.34. The van der Waals surface area contributed by atoms with Crippen molar-refractivity contribution in [2.24, 2.45) is 0 Å². The molecule has 0 bridgehead atoms. The SMILES string of the molecule is CCC(OC(=O)c1ccc2ocnc2c1)C(=O)Nc1ccc(C(C)C)cc1. The molecule has 0 aliphatic heterocycles. The number of hydrogen-bond acceptors (Lipinski definition) is 5. The molecule has 6 heteroatoms. The second-order valence-electron chi connectivity index (χ2n) is 6.60. The summed E-state index contributed by atoms with van der Waals surface area (Å²) in [6, 6.07) is 12.5. The lowest BCUT2D eigenvalue weighted by atomic mass is 10.0. The Labute approximate surface area is 157 Å². The number of fused-ring (bicyclic) bond motifs is 1. The van der Waals surface area contributed by atoms with Crippen molar-refractivity contribution in [2.45, 2.75) is 39.2 Å². The molecule has 0 saturated heterocycles. The van der Waals surface area contributed by atoms with E-state index in [1.807, 2.05) is 24.3 Å². The molecular weight excluding hydrogens is 344 g/mol. The summed E-state index contributed by atoms with van der Waals surface area (Å²) >= 11 is 0. The molecule has 0 saturated carbocycles. The molecule has 3 aromatic rings. The van der Waals surface area contributed by atoms with E-state index in [0.717, 1.165) is 0 Å². The van der Waals surface area contributed by atoms with E-state index < -0.39 is 12.1 Å². The number of carbonyl (C=O) groups is 2. The normalized spacial score (nSPS) is 12.1. The predicted octanol–water partition coefficient (Wildman–Crippen LogP) is 4.53. The van der Waals surface area contributed by atoms with Crippen LogP contribution in [0.1, 0.15) is 49.0 Å². The molecule has 0 spiro atoms. The molecule has 27 heavy (non-hydrogen) atoms. The second kappa shape index (κ2) is 8.03. The van der Waals surface area contributed by atoms with Crippen LogP contribution in [0.4, 0.5) is 5.69 Å². The fourth-order valence-corrected chi connectivity index (χ4v) is 2.68. The molecular formula is C21H22N2O4. The zero-order valence-electron chi connectivity index (χ0n) is 15.6. The summed E-state index contributed by atoms with van der Waals surface area (Å²) in [5, 5.41) is 2.80. The number of esters is 1. The maximum atomic E-state index is 12.5. The van der Waals surface area contributed by atoms with Gasteiger partial charge in [0.2, 0.25) is 0 Å². The Morgan fingerprint density at radius 2 is 1.89 bits per heavy atom.